The molecule has 0 amide bonds. The van der Waals surface area contributed by atoms with Crippen LogP contribution in [-0.4, -0.2) is 43.5 Å². The van der Waals surface area contributed by atoms with Gasteiger partial charge in [0.15, 0.2) is 11.6 Å². The molecule has 1 fully saturated rings. The van der Waals surface area contributed by atoms with Gasteiger partial charge in [-0.25, -0.2) is 23.7 Å². The lowest BCUT2D eigenvalue weighted by atomic mass is 10.0. The predicted octanol–water partition coefficient (Wildman–Crippen LogP) is 5.10. The smallest absolute Gasteiger partial charge is 0.252 e. The quantitative estimate of drug-likeness (QED) is 0.348. The van der Waals surface area contributed by atoms with Gasteiger partial charge in [-0.05, 0) is 26.0 Å². The van der Waals surface area contributed by atoms with E-state index in [1.54, 1.807) is 36.5 Å². The third kappa shape index (κ3) is 5.10. The van der Waals surface area contributed by atoms with E-state index in [2.05, 4.69) is 30.6 Å². The zero-order chi connectivity index (χ0) is 27.1. The molecule has 38 heavy (non-hydrogen) atoms. The molecule has 0 spiro atoms. The minimum absolute atomic E-state index is 0.146. The second-order valence-electron chi connectivity index (χ2n) is 9.81. The van der Waals surface area contributed by atoms with E-state index in [0.29, 0.717) is 34.5 Å². The number of fused-ring (bicyclic) bond motifs is 1. The van der Waals surface area contributed by atoms with Gasteiger partial charge < -0.3 is 20.1 Å². The van der Waals surface area contributed by atoms with Crippen LogP contribution in [0.2, 0.25) is 5.02 Å². The summed E-state index contributed by atoms with van der Waals surface area (Å²) in [6.45, 7) is 4.17. The summed E-state index contributed by atoms with van der Waals surface area (Å²) in [5.41, 5.74) is 0.952. The SMILES string of the molecule is Cn1c(=O)cc(NC(C)(C)c2ncccn2)c2cccc(Nc3nc(N4CCC(F)(F)CC4)ncc3Cl)c21. The number of halogens is 3. The van der Waals surface area contributed by atoms with Crippen molar-refractivity contribution >= 4 is 45.6 Å². The van der Waals surface area contributed by atoms with Crippen molar-refractivity contribution in [1.82, 2.24) is 24.5 Å². The third-order valence-corrected chi connectivity index (χ3v) is 6.87. The molecule has 9 nitrogen and oxygen atoms in total. The highest BCUT2D eigenvalue weighted by molar-refractivity contribution is 6.33. The molecule has 0 radical (unpaired) electrons. The van der Waals surface area contributed by atoms with Crippen molar-refractivity contribution in [1.29, 1.82) is 0 Å². The molecule has 1 aliphatic rings. The molecule has 1 aliphatic heterocycles. The Morgan fingerprint density at radius 1 is 1.05 bits per heavy atom. The first-order chi connectivity index (χ1) is 18.0. The van der Waals surface area contributed by atoms with E-state index in [4.69, 9.17) is 11.6 Å². The molecule has 3 aromatic heterocycles. The molecule has 4 aromatic rings. The number of nitrogens with one attached hydrogen (secondary N) is 2. The van der Waals surface area contributed by atoms with E-state index in [1.165, 1.54) is 10.8 Å². The molecule has 0 unspecified atom stereocenters. The number of nitrogens with zero attached hydrogens (tertiary/aromatic N) is 6. The number of piperidine rings is 1. The average Bonchev–Trinajstić information content (AvgIpc) is 2.89. The summed E-state index contributed by atoms with van der Waals surface area (Å²) in [5.74, 6) is -1.47. The number of alkyl halides is 2. The Balaban J connectivity index is 1.52. The zero-order valence-electron chi connectivity index (χ0n) is 21.2. The topological polar surface area (TPSA) is 101 Å². The summed E-state index contributed by atoms with van der Waals surface area (Å²) in [5, 5.41) is 7.69. The zero-order valence-corrected chi connectivity index (χ0v) is 21.9. The number of para-hydroxylation sites is 1. The van der Waals surface area contributed by atoms with Crippen LogP contribution in [0.1, 0.15) is 32.5 Å². The number of anilines is 4. The predicted molar refractivity (Wildman–Crippen MR) is 145 cm³/mol. The Hall–Kier alpha value is -3.86. The van der Waals surface area contributed by atoms with Crippen LogP contribution in [0.5, 0.6) is 0 Å². The van der Waals surface area contributed by atoms with Gasteiger partial charge in [-0.1, -0.05) is 23.7 Å². The Bertz CT molecular complexity index is 1530. The molecule has 0 bridgehead atoms. The van der Waals surface area contributed by atoms with Gasteiger partial charge in [0.2, 0.25) is 5.95 Å². The third-order valence-electron chi connectivity index (χ3n) is 6.59. The Kier molecular flexibility index (Phi) is 6.64. The van der Waals surface area contributed by atoms with Crippen LogP contribution >= 0.6 is 11.6 Å². The Morgan fingerprint density at radius 2 is 1.76 bits per heavy atom. The summed E-state index contributed by atoms with van der Waals surface area (Å²) in [6, 6.07) is 8.87. The number of rotatable bonds is 6. The minimum atomic E-state index is -2.68. The molecule has 5 rings (SSSR count). The molecule has 198 valence electrons. The molecule has 2 N–H and O–H groups in total. The van der Waals surface area contributed by atoms with Gasteiger partial charge in [0, 0.05) is 62.5 Å². The fraction of sp³-hybridized carbons (Fsp3) is 0.346. The van der Waals surface area contributed by atoms with Crippen LogP contribution < -0.4 is 21.1 Å². The highest BCUT2D eigenvalue weighted by Gasteiger charge is 2.35. The van der Waals surface area contributed by atoms with Gasteiger partial charge >= 0.3 is 0 Å². The minimum Gasteiger partial charge on any atom is -0.372 e. The van der Waals surface area contributed by atoms with Gasteiger partial charge in [0.1, 0.15) is 5.02 Å². The number of benzene rings is 1. The van der Waals surface area contributed by atoms with Crippen molar-refractivity contribution in [2.75, 3.05) is 28.6 Å². The molecule has 0 atom stereocenters. The lowest BCUT2D eigenvalue weighted by Crippen LogP contribution is -2.40. The van der Waals surface area contributed by atoms with Gasteiger partial charge in [-0.3, -0.25) is 4.79 Å². The van der Waals surface area contributed by atoms with Crippen LogP contribution in [0, 0.1) is 0 Å². The summed E-state index contributed by atoms with van der Waals surface area (Å²) >= 11 is 6.42. The van der Waals surface area contributed by atoms with Crippen LogP contribution in [-0.2, 0) is 12.6 Å². The van der Waals surface area contributed by atoms with E-state index in [1.807, 2.05) is 32.0 Å². The molecule has 12 heteroatoms. The first kappa shape index (κ1) is 25.8. The molecule has 1 aromatic carbocycles. The maximum Gasteiger partial charge on any atom is 0.252 e. The van der Waals surface area contributed by atoms with Crippen LogP contribution in [0.25, 0.3) is 10.9 Å². The maximum absolute atomic E-state index is 13.6. The molecule has 0 aliphatic carbocycles. The number of aromatic nitrogens is 5. The standard InChI is InChI=1S/C26H27ClF2N8O/c1-25(2,23-30-10-5-11-31-23)35-19-14-20(38)36(3)21-16(19)6-4-7-18(21)33-22-17(27)15-32-24(34-22)37-12-8-26(28,29)9-13-37/h4-7,10-11,14-15,35H,8-9,12-13H2,1-3H3,(H,32,33,34). The van der Waals surface area contributed by atoms with Gasteiger partial charge in [0.25, 0.3) is 11.5 Å². The van der Waals surface area contributed by atoms with Gasteiger partial charge in [-0.15, -0.1) is 0 Å². The second-order valence-corrected chi connectivity index (χ2v) is 10.2. The number of aryl methyl sites for hydroxylation is 1. The molecule has 1 saturated heterocycles. The lowest BCUT2D eigenvalue weighted by Gasteiger charge is -2.31. The van der Waals surface area contributed by atoms with Crippen molar-refractivity contribution in [3.8, 4) is 0 Å². The largest absolute Gasteiger partial charge is 0.372 e. The average molecular weight is 541 g/mol. The Labute approximate surface area is 222 Å². The first-order valence-electron chi connectivity index (χ1n) is 12.1. The van der Waals surface area contributed by atoms with Crippen LogP contribution in [0.15, 0.2) is 53.7 Å². The van der Waals surface area contributed by atoms with Crippen molar-refractivity contribution < 1.29 is 8.78 Å². The van der Waals surface area contributed by atoms with Crippen molar-refractivity contribution in [2.24, 2.45) is 7.05 Å². The lowest BCUT2D eigenvalue weighted by molar-refractivity contribution is -0.0222. The first-order valence-corrected chi connectivity index (χ1v) is 12.5. The summed E-state index contributed by atoms with van der Waals surface area (Å²) in [4.78, 5) is 32.2. The van der Waals surface area contributed by atoms with Crippen molar-refractivity contribution in [2.45, 2.75) is 38.2 Å². The van der Waals surface area contributed by atoms with Crippen molar-refractivity contribution in [3.05, 3.63) is 70.1 Å². The highest BCUT2D eigenvalue weighted by atomic mass is 35.5. The summed E-state index contributed by atoms with van der Waals surface area (Å²) in [6.07, 6.45) is 4.27. The van der Waals surface area contributed by atoms with Crippen LogP contribution in [0.4, 0.5) is 31.9 Å². The summed E-state index contributed by atoms with van der Waals surface area (Å²) in [7, 11) is 1.69. The van der Waals surface area contributed by atoms with E-state index in [9.17, 15) is 13.6 Å². The molecule has 4 heterocycles. The van der Waals surface area contributed by atoms with Crippen molar-refractivity contribution in [3.63, 3.8) is 0 Å². The molecular formula is C26H27ClF2N8O. The monoisotopic (exact) mass is 540 g/mol. The maximum atomic E-state index is 13.6. The Morgan fingerprint density at radius 3 is 2.47 bits per heavy atom. The van der Waals surface area contributed by atoms with E-state index in [0.717, 1.165) is 5.39 Å². The fourth-order valence-electron chi connectivity index (χ4n) is 4.51. The number of hydrogen-bond donors (Lipinski definition) is 2. The second kappa shape index (κ2) is 9.79. The number of pyridine rings is 1. The van der Waals surface area contributed by atoms with E-state index in [-0.39, 0.29) is 36.5 Å². The summed E-state index contributed by atoms with van der Waals surface area (Å²) < 4.78 is 28.8. The normalized spacial score (nSPS) is 15.5. The van der Waals surface area contributed by atoms with E-state index >= 15 is 0 Å². The highest BCUT2D eigenvalue weighted by Crippen LogP contribution is 2.35. The van der Waals surface area contributed by atoms with Gasteiger partial charge in [0.05, 0.1) is 22.9 Å². The fourth-order valence-corrected chi connectivity index (χ4v) is 4.65. The number of hydrogen-bond acceptors (Lipinski definition) is 8. The molecular weight excluding hydrogens is 514 g/mol. The molecule has 0 saturated carbocycles. The van der Waals surface area contributed by atoms with Gasteiger partial charge in [-0.2, -0.15) is 4.98 Å². The van der Waals surface area contributed by atoms with Crippen LogP contribution in [0.3, 0.4) is 0 Å². The van der Waals surface area contributed by atoms with E-state index < -0.39 is 11.5 Å².